The standard InChI is InChI=1S/C13H22N2OS/c1-2-13(10-14,15-11-4-5-11)6-3-7-17-12-8-16-9-12/h11-12,15H,2-9H2,1H3. The molecule has 1 heterocycles. The van der Waals surface area contributed by atoms with Gasteiger partial charge in [-0.1, -0.05) is 6.92 Å². The van der Waals surface area contributed by atoms with E-state index in [-0.39, 0.29) is 5.54 Å². The zero-order valence-corrected chi connectivity index (χ0v) is 11.4. The molecule has 3 nitrogen and oxygen atoms in total. The summed E-state index contributed by atoms with van der Waals surface area (Å²) in [6.07, 6.45) is 5.52. The maximum Gasteiger partial charge on any atom is 0.106 e. The van der Waals surface area contributed by atoms with Crippen LogP contribution in [0.2, 0.25) is 0 Å². The van der Waals surface area contributed by atoms with E-state index in [1.807, 2.05) is 11.8 Å². The first kappa shape index (κ1) is 13.2. The Hall–Kier alpha value is -0.240. The molecule has 4 heteroatoms. The van der Waals surface area contributed by atoms with Crippen molar-refractivity contribution in [3.8, 4) is 6.07 Å². The van der Waals surface area contributed by atoms with Crippen molar-refractivity contribution in [2.24, 2.45) is 0 Å². The van der Waals surface area contributed by atoms with Crippen molar-refractivity contribution in [1.29, 1.82) is 5.26 Å². The van der Waals surface area contributed by atoms with Crippen molar-refractivity contribution in [1.82, 2.24) is 5.32 Å². The van der Waals surface area contributed by atoms with E-state index in [1.165, 1.54) is 12.8 Å². The van der Waals surface area contributed by atoms with E-state index in [4.69, 9.17) is 4.74 Å². The first-order valence-corrected chi connectivity index (χ1v) is 7.71. The molecule has 0 aromatic carbocycles. The fourth-order valence-electron chi connectivity index (χ4n) is 2.07. The van der Waals surface area contributed by atoms with Gasteiger partial charge in [0.2, 0.25) is 0 Å². The van der Waals surface area contributed by atoms with E-state index < -0.39 is 0 Å². The summed E-state index contributed by atoms with van der Waals surface area (Å²) >= 11 is 2.00. The molecular formula is C13H22N2OS. The van der Waals surface area contributed by atoms with Crippen LogP contribution in [0.4, 0.5) is 0 Å². The highest BCUT2D eigenvalue weighted by atomic mass is 32.2. The maximum absolute atomic E-state index is 9.38. The van der Waals surface area contributed by atoms with Crippen LogP contribution in [0.5, 0.6) is 0 Å². The molecule has 0 spiro atoms. The molecule has 0 aromatic heterocycles. The summed E-state index contributed by atoms with van der Waals surface area (Å²) in [6, 6.07) is 3.12. The summed E-state index contributed by atoms with van der Waals surface area (Å²) < 4.78 is 5.15. The molecule has 1 unspecified atom stereocenters. The van der Waals surface area contributed by atoms with Crippen LogP contribution in [0.15, 0.2) is 0 Å². The molecule has 17 heavy (non-hydrogen) atoms. The zero-order valence-electron chi connectivity index (χ0n) is 10.6. The highest BCUT2D eigenvalue weighted by Crippen LogP contribution is 2.28. The molecule has 0 bridgehead atoms. The minimum atomic E-state index is -0.266. The number of thioether (sulfide) groups is 1. The lowest BCUT2D eigenvalue weighted by Gasteiger charge is -2.28. The van der Waals surface area contributed by atoms with Crippen LogP contribution >= 0.6 is 11.8 Å². The van der Waals surface area contributed by atoms with Gasteiger partial charge in [0.15, 0.2) is 0 Å². The van der Waals surface area contributed by atoms with Crippen molar-refractivity contribution >= 4 is 11.8 Å². The van der Waals surface area contributed by atoms with Crippen LogP contribution < -0.4 is 5.32 Å². The van der Waals surface area contributed by atoms with Gasteiger partial charge < -0.3 is 4.74 Å². The molecule has 0 amide bonds. The Balaban J connectivity index is 1.66. The van der Waals surface area contributed by atoms with E-state index in [2.05, 4.69) is 18.3 Å². The maximum atomic E-state index is 9.38. The number of rotatable bonds is 8. The molecule has 1 saturated heterocycles. The lowest BCUT2D eigenvalue weighted by atomic mass is 9.92. The third kappa shape index (κ3) is 3.87. The summed E-state index contributed by atoms with van der Waals surface area (Å²) in [4.78, 5) is 0. The zero-order chi connectivity index (χ0) is 12.1. The van der Waals surface area contributed by atoms with E-state index in [0.717, 1.165) is 38.2 Å². The number of nitrogens with zero attached hydrogens (tertiary/aromatic N) is 1. The van der Waals surface area contributed by atoms with E-state index >= 15 is 0 Å². The molecule has 2 aliphatic rings. The topological polar surface area (TPSA) is 45.0 Å². The molecule has 1 aliphatic heterocycles. The summed E-state index contributed by atoms with van der Waals surface area (Å²) in [5, 5.41) is 13.6. The third-order valence-corrected chi connectivity index (χ3v) is 4.85. The molecule has 2 rings (SSSR count). The molecular weight excluding hydrogens is 232 g/mol. The highest BCUT2D eigenvalue weighted by molar-refractivity contribution is 8.00. The number of nitrogens with one attached hydrogen (secondary N) is 1. The van der Waals surface area contributed by atoms with Gasteiger partial charge in [-0.3, -0.25) is 5.32 Å². The monoisotopic (exact) mass is 254 g/mol. The van der Waals surface area contributed by atoms with Gasteiger partial charge in [-0.05, 0) is 37.9 Å². The smallest absolute Gasteiger partial charge is 0.106 e. The Kier molecular flexibility index (Phi) is 4.72. The van der Waals surface area contributed by atoms with E-state index in [0.29, 0.717) is 11.3 Å². The van der Waals surface area contributed by atoms with Crippen LogP contribution in [0.3, 0.4) is 0 Å². The molecule has 96 valence electrons. The summed E-state index contributed by atoms with van der Waals surface area (Å²) in [5.74, 6) is 1.16. The predicted octanol–water partition coefficient (Wildman–Crippen LogP) is 2.32. The number of ether oxygens (including phenoxy) is 1. The lowest BCUT2D eigenvalue weighted by Crippen LogP contribution is -2.44. The SMILES string of the molecule is CCC(C#N)(CCCSC1COC1)NC1CC1. The normalized spacial score (nSPS) is 23.8. The van der Waals surface area contributed by atoms with Crippen LogP contribution in [0.1, 0.15) is 39.0 Å². The Morgan fingerprint density at radius 3 is 2.71 bits per heavy atom. The minimum Gasteiger partial charge on any atom is -0.379 e. The third-order valence-electron chi connectivity index (χ3n) is 3.58. The lowest BCUT2D eigenvalue weighted by molar-refractivity contribution is 0.0455. The van der Waals surface area contributed by atoms with Crippen molar-refractivity contribution in [2.75, 3.05) is 19.0 Å². The van der Waals surface area contributed by atoms with E-state index in [1.54, 1.807) is 0 Å². The van der Waals surface area contributed by atoms with Crippen molar-refractivity contribution in [3.05, 3.63) is 0 Å². The molecule has 1 saturated carbocycles. The predicted molar refractivity (Wildman–Crippen MR) is 71.1 cm³/mol. The molecule has 1 atom stereocenters. The Labute approximate surface area is 108 Å². The van der Waals surface area contributed by atoms with Gasteiger partial charge in [0, 0.05) is 6.04 Å². The molecule has 2 fully saturated rings. The van der Waals surface area contributed by atoms with Gasteiger partial charge in [0.05, 0.1) is 24.5 Å². The summed E-state index contributed by atoms with van der Waals surface area (Å²) in [6.45, 7) is 3.95. The quantitative estimate of drug-likeness (QED) is 0.675. The van der Waals surface area contributed by atoms with Crippen molar-refractivity contribution in [3.63, 3.8) is 0 Å². The van der Waals surface area contributed by atoms with Gasteiger partial charge in [-0.15, -0.1) is 0 Å². The average molecular weight is 254 g/mol. The first-order valence-electron chi connectivity index (χ1n) is 6.66. The van der Waals surface area contributed by atoms with Gasteiger partial charge in [-0.25, -0.2) is 0 Å². The first-order chi connectivity index (χ1) is 8.28. The van der Waals surface area contributed by atoms with Crippen LogP contribution in [-0.4, -0.2) is 35.8 Å². The molecule has 1 N–H and O–H groups in total. The van der Waals surface area contributed by atoms with Gasteiger partial charge in [0.25, 0.3) is 0 Å². The summed E-state index contributed by atoms with van der Waals surface area (Å²) in [5.41, 5.74) is -0.266. The summed E-state index contributed by atoms with van der Waals surface area (Å²) in [7, 11) is 0. The Morgan fingerprint density at radius 1 is 1.47 bits per heavy atom. The fraction of sp³-hybridized carbons (Fsp3) is 0.923. The second kappa shape index (κ2) is 6.08. The number of hydrogen-bond acceptors (Lipinski definition) is 4. The van der Waals surface area contributed by atoms with Crippen LogP contribution in [0.25, 0.3) is 0 Å². The van der Waals surface area contributed by atoms with Crippen molar-refractivity contribution in [2.45, 2.75) is 55.9 Å². The molecule has 0 radical (unpaired) electrons. The van der Waals surface area contributed by atoms with E-state index in [9.17, 15) is 5.26 Å². The number of nitriles is 1. The fourth-order valence-corrected chi connectivity index (χ4v) is 3.10. The van der Waals surface area contributed by atoms with Gasteiger partial charge in [0.1, 0.15) is 5.54 Å². The Bertz CT molecular complexity index is 284. The highest BCUT2D eigenvalue weighted by Gasteiger charge is 2.34. The second-order valence-electron chi connectivity index (χ2n) is 5.10. The largest absolute Gasteiger partial charge is 0.379 e. The molecule has 0 aromatic rings. The average Bonchev–Trinajstić information content (AvgIpc) is 3.08. The van der Waals surface area contributed by atoms with Gasteiger partial charge >= 0.3 is 0 Å². The van der Waals surface area contributed by atoms with Crippen molar-refractivity contribution < 1.29 is 4.74 Å². The Morgan fingerprint density at radius 2 is 2.24 bits per heavy atom. The number of hydrogen-bond donors (Lipinski definition) is 1. The second-order valence-corrected chi connectivity index (χ2v) is 6.51. The minimum absolute atomic E-state index is 0.266. The van der Waals surface area contributed by atoms with Crippen LogP contribution in [-0.2, 0) is 4.74 Å². The molecule has 1 aliphatic carbocycles. The van der Waals surface area contributed by atoms with Gasteiger partial charge in [-0.2, -0.15) is 17.0 Å². The van der Waals surface area contributed by atoms with Crippen LogP contribution in [0, 0.1) is 11.3 Å².